The number of hydrogen-bond acceptors (Lipinski definition) is 3. The highest BCUT2D eigenvalue weighted by Crippen LogP contribution is 2.34. The number of nitrogens with zero attached hydrogens (tertiary/aromatic N) is 2. The Morgan fingerprint density at radius 3 is 2.84 bits per heavy atom. The van der Waals surface area contributed by atoms with Crippen LogP contribution in [0.2, 0.25) is 0 Å². The van der Waals surface area contributed by atoms with Crippen LogP contribution in [0.3, 0.4) is 0 Å². The predicted molar refractivity (Wildman–Crippen MR) is 79.9 cm³/mol. The molecule has 0 aliphatic carbocycles. The number of benzene rings is 2. The molecule has 0 unspecified atom stereocenters. The number of fused-ring (bicyclic) bond motifs is 1. The van der Waals surface area contributed by atoms with Gasteiger partial charge in [0.25, 0.3) is 0 Å². The van der Waals surface area contributed by atoms with Gasteiger partial charge in [-0.25, -0.2) is 4.98 Å². The summed E-state index contributed by atoms with van der Waals surface area (Å²) in [6.45, 7) is 0. The Balaban J connectivity index is 2.31. The summed E-state index contributed by atoms with van der Waals surface area (Å²) in [4.78, 5) is 4.56. The van der Waals surface area contributed by atoms with Crippen LogP contribution in [0, 0.1) is 0 Å². The maximum atomic E-state index is 10.1. The van der Waals surface area contributed by atoms with E-state index in [1.807, 2.05) is 35.9 Å². The van der Waals surface area contributed by atoms with Crippen molar-refractivity contribution in [3.05, 3.63) is 40.9 Å². The Labute approximate surface area is 118 Å². The summed E-state index contributed by atoms with van der Waals surface area (Å²) in [6.07, 6.45) is 0. The fraction of sp³-hybridized carbons (Fsp3) is 0.0714. The average molecular weight is 318 g/mol. The van der Waals surface area contributed by atoms with Gasteiger partial charge in [-0.15, -0.1) is 0 Å². The number of nitrogen functional groups attached to an aromatic ring is 1. The molecule has 0 aliphatic rings. The van der Waals surface area contributed by atoms with Crippen molar-refractivity contribution in [3.63, 3.8) is 0 Å². The fourth-order valence-corrected chi connectivity index (χ4v) is 2.50. The number of rotatable bonds is 1. The number of aromatic hydroxyl groups is 1. The molecule has 5 heteroatoms. The van der Waals surface area contributed by atoms with Crippen molar-refractivity contribution < 1.29 is 5.11 Å². The lowest BCUT2D eigenvalue weighted by Crippen LogP contribution is -1.94. The summed E-state index contributed by atoms with van der Waals surface area (Å²) in [5, 5.41) is 10.1. The van der Waals surface area contributed by atoms with E-state index in [9.17, 15) is 5.11 Å². The fourth-order valence-electron chi connectivity index (χ4n) is 2.16. The number of hydrogen-bond donors (Lipinski definition) is 2. The maximum Gasteiger partial charge on any atom is 0.149 e. The first-order valence-electron chi connectivity index (χ1n) is 5.77. The molecule has 1 heterocycles. The van der Waals surface area contributed by atoms with Gasteiger partial charge >= 0.3 is 0 Å². The van der Waals surface area contributed by atoms with Crippen molar-refractivity contribution in [2.75, 3.05) is 5.73 Å². The van der Waals surface area contributed by atoms with E-state index in [2.05, 4.69) is 20.9 Å². The van der Waals surface area contributed by atoms with Gasteiger partial charge in [-0.1, -0.05) is 22.0 Å². The summed E-state index contributed by atoms with van der Waals surface area (Å²) in [7, 11) is 1.92. The van der Waals surface area contributed by atoms with Gasteiger partial charge in [0, 0.05) is 11.5 Å². The van der Waals surface area contributed by atoms with E-state index in [0.29, 0.717) is 17.1 Å². The van der Waals surface area contributed by atoms with Crippen LogP contribution in [-0.2, 0) is 7.05 Å². The third-order valence-corrected chi connectivity index (χ3v) is 3.64. The van der Waals surface area contributed by atoms with E-state index in [-0.39, 0.29) is 5.75 Å². The maximum absolute atomic E-state index is 10.1. The number of aromatic nitrogens is 2. The van der Waals surface area contributed by atoms with E-state index < -0.39 is 0 Å². The summed E-state index contributed by atoms with van der Waals surface area (Å²) in [6, 6.07) is 11.2. The molecule has 4 nitrogen and oxygen atoms in total. The molecule has 96 valence electrons. The van der Waals surface area contributed by atoms with Crippen LogP contribution in [0.25, 0.3) is 22.4 Å². The largest absolute Gasteiger partial charge is 0.505 e. The standard InChI is InChI=1S/C14H12BrN3O/c1-18-12-6-5-8(15)7-11(12)17-14(18)9-3-2-4-10(16)13(9)19/h2-7,19H,16H2,1H3. The molecule has 3 rings (SSSR count). The highest BCUT2D eigenvalue weighted by atomic mass is 79.9. The minimum Gasteiger partial charge on any atom is -0.505 e. The minimum absolute atomic E-state index is 0.0694. The Bertz CT molecular complexity index is 780. The van der Waals surface area contributed by atoms with Gasteiger partial charge in [0.2, 0.25) is 0 Å². The predicted octanol–water partition coefficient (Wildman–Crippen LogP) is 3.29. The van der Waals surface area contributed by atoms with Gasteiger partial charge in [-0.2, -0.15) is 0 Å². The topological polar surface area (TPSA) is 64.1 Å². The molecular formula is C14H12BrN3O. The molecule has 0 atom stereocenters. The summed E-state index contributed by atoms with van der Waals surface area (Å²) in [5.74, 6) is 0.762. The lowest BCUT2D eigenvalue weighted by molar-refractivity contribution is 0.479. The smallest absolute Gasteiger partial charge is 0.149 e. The molecule has 0 bridgehead atoms. The van der Waals surface area contributed by atoms with Crippen molar-refractivity contribution in [3.8, 4) is 17.1 Å². The quantitative estimate of drug-likeness (QED) is 0.534. The van der Waals surface area contributed by atoms with Crippen LogP contribution in [0.4, 0.5) is 5.69 Å². The highest BCUT2D eigenvalue weighted by Gasteiger charge is 2.14. The Morgan fingerprint density at radius 1 is 1.26 bits per heavy atom. The van der Waals surface area contributed by atoms with Crippen LogP contribution >= 0.6 is 15.9 Å². The average Bonchev–Trinajstić information content (AvgIpc) is 2.69. The Kier molecular flexibility index (Phi) is 2.71. The second kappa shape index (κ2) is 4.28. The van der Waals surface area contributed by atoms with Crippen LogP contribution in [0.5, 0.6) is 5.75 Å². The van der Waals surface area contributed by atoms with Crippen molar-refractivity contribution in [1.82, 2.24) is 9.55 Å². The molecule has 0 saturated carbocycles. The van der Waals surface area contributed by atoms with Crippen LogP contribution < -0.4 is 5.73 Å². The number of halogens is 1. The number of imidazole rings is 1. The molecule has 3 aromatic rings. The number of nitrogens with two attached hydrogens (primary N) is 1. The molecule has 0 fully saturated rings. The summed E-state index contributed by atoms with van der Waals surface area (Å²) < 4.78 is 2.91. The van der Waals surface area contributed by atoms with Gasteiger partial charge in [0.05, 0.1) is 22.3 Å². The first-order valence-corrected chi connectivity index (χ1v) is 6.57. The molecule has 0 aliphatic heterocycles. The van der Waals surface area contributed by atoms with E-state index >= 15 is 0 Å². The zero-order valence-corrected chi connectivity index (χ0v) is 11.8. The highest BCUT2D eigenvalue weighted by molar-refractivity contribution is 9.10. The molecule has 0 saturated heterocycles. The summed E-state index contributed by atoms with van der Waals surface area (Å²) >= 11 is 3.43. The van der Waals surface area contributed by atoms with Crippen LogP contribution in [-0.4, -0.2) is 14.7 Å². The molecule has 2 aromatic carbocycles. The second-order valence-corrected chi connectivity index (χ2v) is 5.29. The van der Waals surface area contributed by atoms with Gasteiger partial charge in [-0.3, -0.25) is 0 Å². The Hall–Kier alpha value is -2.01. The first kappa shape index (κ1) is 12.0. The number of phenolic OH excluding ortho intramolecular Hbond substituents is 1. The monoisotopic (exact) mass is 317 g/mol. The molecule has 3 N–H and O–H groups in total. The third kappa shape index (κ3) is 1.86. The number of para-hydroxylation sites is 1. The van der Waals surface area contributed by atoms with E-state index in [1.54, 1.807) is 12.1 Å². The Morgan fingerprint density at radius 2 is 2.05 bits per heavy atom. The zero-order valence-electron chi connectivity index (χ0n) is 10.3. The van der Waals surface area contributed by atoms with Crippen LogP contribution in [0.15, 0.2) is 40.9 Å². The molecule has 1 aromatic heterocycles. The van der Waals surface area contributed by atoms with E-state index in [0.717, 1.165) is 15.5 Å². The van der Waals surface area contributed by atoms with Crippen molar-refractivity contribution in [2.24, 2.45) is 7.05 Å². The zero-order chi connectivity index (χ0) is 13.6. The lowest BCUT2D eigenvalue weighted by atomic mass is 10.1. The van der Waals surface area contributed by atoms with Crippen molar-refractivity contribution in [1.29, 1.82) is 0 Å². The number of aryl methyl sites for hydroxylation is 1. The van der Waals surface area contributed by atoms with Crippen LogP contribution in [0.1, 0.15) is 0 Å². The van der Waals surface area contributed by atoms with E-state index in [1.165, 1.54) is 0 Å². The molecular weight excluding hydrogens is 306 g/mol. The van der Waals surface area contributed by atoms with Gasteiger partial charge in [0.15, 0.2) is 0 Å². The summed E-state index contributed by atoms with van der Waals surface area (Å²) in [5.41, 5.74) is 8.59. The minimum atomic E-state index is 0.0694. The number of anilines is 1. The molecule has 19 heavy (non-hydrogen) atoms. The number of phenols is 1. The first-order chi connectivity index (χ1) is 9.08. The van der Waals surface area contributed by atoms with E-state index in [4.69, 9.17) is 5.73 Å². The molecule has 0 radical (unpaired) electrons. The van der Waals surface area contributed by atoms with Gasteiger partial charge in [-0.05, 0) is 30.3 Å². The van der Waals surface area contributed by atoms with Gasteiger partial charge in [0.1, 0.15) is 11.6 Å². The SMILES string of the molecule is Cn1c(-c2cccc(N)c2O)nc2cc(Br)ccc21. The molecule has 0 spiro atoms. The van der Waals surface area contributed by atoms with Crippen molar-refractivity contribution >= 4 is 32.7 Å². The normalized spacial score (nSPS) is 11.1. The van der Waals surface area contributed by atoms with Crippen molar-refractivity contribution in [2.45, 2.75) is 0 Å². The molecule has 0 amide bonds. The lowest BCUT2D eigenvalue weighted by Gasteiger charge is -2.06. The van der Waals surface area contributed by atoms with Gasteiger partial charge < -0.3 is 15.4 Å². The second-order valence-electron chi connectivity index (χ2n) is 4.37. The third-order valence-electron chi connectivity index (χ3n) is 3.15.